The molecule has 0 aromatic heterocycles. The van der Waals surface area contributed by atoms with E-state index < -0.39 is 10.0 Å². The van der Waals surface area contributed by atoms with Crippen LogP contribution in [-0.2, 0) is 10.0 Å². The van der Waals surface area contributed by atoms with Gasteiger partial charge in [-0.3, -0.25) is 0 Å². The highest BCUT2D eigenvalue weighted by atomic mass is 32.2. The summed E-state index contributed by atoms with van der Waals surface area (Å²) in [5, 5.41) is 3.52. The predicted molar refractivity (Wildman–Crippen MR) is 87.1 cm³/mol. The van der Waals surface area contributed by atoms with Gasteiger partial charge in [0.1, 0.15) is 0 Å². The molecule has 0 radical (unpaired) electrons. The zero-order valence-electron chi connectivity index (χ0n) is 13.1. The van der Waals surface area contributed by atoms with Crippen LogP contribution in [0.1, 0.15) is 44.6 Å². The van der Waals surface area contributed by atoms with Crippen LogP contribution in [0.5, 0.6) is 0 Å². The van der Waals surface area contributed by atoms with Crippen molar-refractivity contribution in [2.24, 2.45) is 5.92 Å². The number of rotatable bonds is 5. The number of nitrogens with one attached hydrogen (secondary N) is 2. The molecule has 0 aliphatic heterocycles. The number of sulfonamides is 1. The van der Waals surface area contributed by atoms with Gasteiger partial charge in [-0.05, 0) is 57.4 Å². The SMILES string of the molecule is CNS(=O)(=O)c1ccc(C)c(NC(C)C2CCCCC2)c1. The zero-order valence-corrected chi connectivity index (χ0v) is 14.0. The van der Waals surface area contributed by atoms with Crippen LogP contribution in [0.2, 0.25) is 0 Å². The maximum absolute atomic E-state index is 11.9. The van der Waals surface area contributed by atoms with E-state index in [-0.39, 0.29) is 0 Å². The molecule has 1 unspecified atom stereocenters. The van der Waals surface area contributed by atoms with E-state index in [1.807, 2.05) is 13.0 Å². The molecule has 1 aromatic rings. The van der Waals surface area contributed by atoms with Gasteiger partial charge in [0.2, 0.25) is 10.0 Å². The van der Waals surface area contributed by atoms with Crippen molar-refractivity contribution >= 4 is 15.7 Å². The maximum Gasteiger partial charge on any atom is 0.240 e. The zero-order chi connectivity index (χ0) is 15.5. The molecule has 2 N–H and O–H groups in total. The Balaban J connectivity index is 2.17. The summed E-state index contributed by atoms with van der Waals surface area (Å²) in [6.45, 7) is 4.21. The lowest BCUT2D eigenvalue weighted by molar-refractivity contribution is 0.328. The summed E-state index contributed by atoms with van der Waals surface area (Å²) in [6.07, 6.45) is 6.50. The summed E-state index contributed by atoms with van der Waals surface area (Å²) >= 11 is 0. The average Bonchev–Trinajstić information content (AvgIpc) is 2.50. The summed E-state index contributed by atoms with van der Waals surface area (Å²) in [7, 11) is -1.95. The number of hydrogen-bond acceptors (Lipinski definition) is 3. The Morgan fingerprint density at radius 3 is 2.48 bits per heavy atom. The van der Waals surface area contributed by atoms with E-state index >= 15 is 0 Å². The van der Waals surface area contributed by atoms with Crippen LogP contribution in [0.15, 0.2) is 23.1 Å². The Bertz CT molecular complexity index is 578. The van der Waals surface area contributed by atoms with Gasteiger partial charge in [-0.2, -0.15) is 0 Å². The standard InChI is InChI=1S/C16H26N2O2S/c1-12-9-10-15(21(19,20)17-3)11-16(12)18-13(2)14-7-5-4-6-8-14/h9-11,13-14,17-18H,4-8H2,1-3H3. The first-order valence-electron chi connectivity index (χ1n) is 7.75. The van der Waals surface area contributed by atoms with E-state index in [2.05, 4.69) is 17.0 Å². The molecule has 0 amide bonds. The quantitative estimate of drug-likeness (QED) is 0.877. The average molecular weight is 310 g/mol. The van der Waals surface area contributed by atoms with Crippen molar-refractivity contribution in [3.63, 3.8) is 0 Å². The third-order valence-corrected chi connectivity index (χ3v) is 5.94. The second kappa shape index (κ2) is 6.79. The van der Waals surface area contributed by atoms with Crippen molar-refractivity contribution in [3.05, 3.63) is 23.8 Å². The van der Waals surface area contributed by atoms with Gasteiger partial charge in [0.05, 0.1) is 4.90 Å². The van der Waals surface area contributed by atoms with E-state index in [0.29, 0.717) is 16.9 Å². The van der Waals surface area contributed by atoms with Gasteiger partial charge in [0.15, 0.2) is 0 Å². The molecule has 0 spiro atoms. The molecule has 118 valence electrons. The van der Waals surface area contributed by atoms with Crippen LogP contribution in [-0.4, -0.2) is 21.5 Å². The largest absolute Gasteiger partial charge is 0.382 e. The Morgan fingerprint density at radius 1 is 1.19 bits per heavy atom. The van der Waals surface area contributed by atoms with Gasteiger partial charge in [-0.25, -0.2) is 13.1 Å². The number of hydrogen-bond donors (Lipinski definition) is 2. The molecule has 0 bridgehead atoms. The molecule has 1 aromatic carbocycles. The lowest BCUT2D eigenvalue weighted by atomic mass is 9.84. The second-order valence-electron chi connectivity index (χ2n) is 6.02. The Labute approximate surface area is 128 Å². The minimum Gasteiger partial charge on any atom is -0.382 e. The molecule has 21 heavy (non-hydrogen) atoms. The summed E-state index contributed by atoms with van der Waals surface area (Å²) in [5.41, 5.74) is 2.00. The highest BCUT2D eigenvalue weighted by Crippen LogP contribution is 2.29. The van der Waals surface area contributed by atoms with Gasteiger partial charge < -0.3 is 5.32 Å². The second-order valence-corrected chi connectivity index (χ2v) is 7.90. The molecule has 4 nitrogen and oxygen atoms in total. The van der Waals surface area contributed by atoms with Crippen molar-refractivity contribution in [2.75, 3.05) is 12.4 Å². The molecule has 0 saturated heterocycles. The predicted octanol–water partition coefficient (Wildman–Crippen LogP) is 3.28. The molecule has 1 fully saturated rings. The first-order valence-corrected chi connectivity index (χ1v) is 9.23. The number of aryl methyl sites for hydroxylation is 1. The number of benzene rings is 1. The molecule has 0 heterocycles. The molecular formula is C16H26N2O2S. The molecular weight excluding hydrogens is 284 g/mol. The molecule has 1 atom stereocenters. The van der Waals surface area contributed by atoms with E-state index in [0.717, 1.165) is 11.3 Å². The Kier molecular flexibility index (Phi) is 5.27. The maximum atomic E-state index is 11.9. The topological polar surface area (TPSA) is 58.2 Å². The number of anilines is 1. The fraction of sp³-hybridized carbons (Fsp3) is 0.625. The summed E-state index contributed by atoms with van der Waals surface area (Å²) in [5.74, 6) is 0.683. The van der Waals surface area contributed by atoms with Crippen LogP contribution in [0, 0.1) is 12.8 Å². The normalized spacial score (nSPS) is 18.4. The van der Waals surface area contributed by atoms with Crippen molar-refractivity contribution in [1.29, 1.82) is 0 Å². The smallest absolute Gasteiger partial charge is 0.240 e. The van der Waals surface area contributed by atoms with Gasteiger partial charge in [0, 0.05) is 11.7 Å². The summed E-state index contributed by atoms with van der Waals surface area (Å²) in [6, 6.07) is 5.62. The van der Waals surface area contributed by atoms with Crippen LogP contribution < -0.4 is 10.0 Å². The minimum absolute atomic E-state index is 0.314. The fourth-order valence-electron chi connectivity index (χ4n) is 3.04. The summed E-state index contributed by atoms with van der Waals surface area (Å²) < 4.78 is 26.2. The van der Waals surface area contributed by atoms with Crippen molar-refractivity contribution in [2.45, 2.75) is 56.9 Å². The highest BCUT2D eigenvalue weighted by molar-refractivity contribution is 7.89. The van der Waals surface area contributed by atoms with Crippen LogP contribution in [0.4, 0.5) is 5.69 Å². The van der Waals surface area contributed by atoms with Gasteiger partial charge in [-0.1, -0.05) is 25.3 Å². The van der Waals surface area contributed by atoms with E-state index in [9.17, 15) is 8.42 Å². The van der Waals surface area contributed by atoms with Gasteiger partial charge in [0.25, 0.3) is 0 Å². The highest BCUT2D eigenvalue weighted by Gasteiger charge is 2.21. The van der Waals surface area contributed by atoms with Crippen molar-refractivity contribution in [1.82, 2.24) is 4.72 Å². The summed E-state index contributed by atoms with van der Waals surface area (Å²) in [4.78, 5) is 0.314. The molecule has 2 rings (SSSR count). The molecule has 1 aliphatic rings. The van der Waals surface area contributed by atoms with Crippen LogP contribution >= 0.6 is 0 Å². The van der Waals surface area contributed by atoms with Crippen molar-refractivity contribution < 1.29 is 8.42 Å². The van der Waals surface area contributed by atoms with Gasteiger partial charge in [-0.15, -0.1) is 0 Å². The third kappa shape index (κ3) is 3.98. The fourth-order valence-corrected chi connectivity index (χ4v) is 3.79. The molecule has 1 saturated carbocycles. The Hall–Kier alpha value is -1.07. The lowest BCUT2D eigenvalue weighted by Crippen LogP contribution is -2.28. The first-order chi connectivity index (χ1) is 9.94. The lowest BCUT2D eigenvalue weighted by Gasteiger charge is -2.29. The van der Waals surface area contributed by atoms with Gasteiger partial charge >= 0.3 is 0 Å². The van der Waals surface area contributed by atoms with E-state index in [1.54, 1.807) is 12.1 Å². The van der Waals surface area contributed by atoms with Crippen LogP contribution in [0.25, 0.3) is 0 Å². The van der Waals surface area contributed by atoms with E-state index in [1.165, 1.54) is 39.2 Å². The third-order valence-electron chi connectivity index (χ3n) is 4.53. The first kappa shape index (κ1) is 16.3. The molecule has 5 heteroatoms. The monoisotopic (exact) mass is 310 g/mol. The molecule has 1 aliphatic carbocycles. The Morgan fingerprint density at radius 2 is 1.86 bits per heavy atom. The van der Waals surface area contributed by atoms with Crippen LogP contribution in [0.3, 0.4) is 0 Å². The minimum atomic E-state index is -3.39. The van der Waals surface area contributed by atoms with Crippen molar-refractivity contribution in [3.8, 4) is 0 Å². The van der Waals surface area contributed by atoms with E-state index in [4.69, 9.17) is 0 Å².